The molecule has 7 nitrogen and oxygen atoms in total. The second kappa shape index (κ2) is 9.54. The maximum absolute atomic E-state index is 14.6. The van der Waals surface area contributed by atoms with Crippen LogP contribution >= 0.6 is 0 Å². The molecular formula is C20H16F8N4O3. The highest BCUT2D eigenvalue weighted by Crippen LogP contribution is 2.42. The quantitative estimate of drug-likeness (QED) is 0.565. The van der Waals surface area contributed by atoms with E-state index in [4.69, 9.17) is 10.5 Å². The van der Waals surface area contributed by atoms with Crippen LogP contribution in [0.1, 0.15) is 22.5 Å². The molecule has 1 aromatic carbocycles. The number of nitrogens with two attached hydrogens (primary N) is 1. The normalized spacial score (nSPS) is 20.6. The monoisotopic (exact) mass is 512 g/mol. The molecule has 0 saturated heterocycles. The Bertz CT molecular complexity index is 1110. The van der Waals surface area contributed by atoms with Crippen molar-refractivity contribution >= 4 is 17.6 Å². The summed E-state index contributed by atoms with van der Waals surface area (Å²) < 4.78 is 114. The third-order valence-electron chi connectivity index (χ3n) is 4.79. The maximum atomic E-state index is 14.6. The van der Waals surface area contributed by atoms with E-state index in [-0.39, 0.29) is 17.1 Å². The van der Waals surface area contributed by atoms with Gasteiger partial charge in [0, 0.05) is 17.7 Å². The van der Waals surface area contributed by atoms with Crippen molar-refractivity contribution in [2.75, 3.05) is 18.6 Å². The summed E-state index contributed by atoms with van der Waals surface area (Å²) in [7, 11) is 0. The highest BCUT2D eigenvalue weighted by Gasteiger charge is 2.52. The fourth-order valence-corrected chi connectivity index (χ4v) is 3.20. The number of ether oxygens (including phenoxy) is 2. The molecular weight excluding hydrogens is 496 g/mol. The van der Waals surface area contributed by atoms with Crippen LogP contribution in [0.4, 0.5) is 40.8 Å². The van der Waals surface area contributed by atoms with Gasteiger partial charge in [-0.05, 0) is 30.3 Å². The molecule has 0 fully saturated rings. The van der Waals surface area contributed by atoms with E-state index in [1.165, 1.54) is 0 Å². The second-order valence-corrected chi connectivity index (χ2v) is 7.39. The van der Waals surface area contributed by atoms with Crippen LogP contribution in [-0.4, -0.2) is 48.6 Å². The van der Waals surface area contributed by atoms with Crippen molar-refractivity contribution in [3.8, 4) is 5.75 Å². The molecule has 0 radical (unpaired) electrons. The molecule has 0 aliphatic carbocycles. The minimum atomic E-state index is -4.90. The van der Waals surface area contributed by atoms with Gasteiger partial charge in [0.15, 0.2) is 18.2 Å². The molecule has 3 rings (SSSR count). The van der Waals surface area contributed by atoms with E-state index in [9.17, 15) is 39.9 Å². The lowest BCUT2D eigenvalue weighted by atomic mass is 9.86. The average Bonchev–Trinajstić information content (AvgIpc) is 2.77. The number of amides is 1. The summed E-state index contributed by atoms with van der Waals surface area (Å²) in [5.41, 5.74) is 1.75. The van der Waals surface area contributed by atoms with Crippen LogP contribution in [0.25, 0.3) is 0 Å². The summed E-state index contributed by atoms with van der Waals surface area (Å²) >= 11 is 0. The lowest BCUT2D eigenvalue weighted by Gasteiger charge is -2.38. The van der Waals surface area contributed by atoms with Crippen molar-refractivity contribution in [1.82, 2.24) is 4.98 Å². The number of alkyl halides is 7. The van der Waals surface area contributed by atoms with Gasteiger partial charge in [-0.2, -0.15) is 26.3 Å². The van der Waals surface area contributed by atoms with Crippen molar-refractivity contribution in [3.05, 3.63) is 53.6 Å². The number of anilines is 1. The van der Waals surface area contributed by atoms with E-state index in [0.29, 0.717) is 0 Å². The second-order valence-electron chi connectivity index (χ2n) is 7.39. The first kappa shape index (κ1) is 26.0. The van der Waals surface area contributed by atoms with Gasteiger partial charge in [-0.1, -0.05) is 0 Å². The number of rotatable bonds is 6. The van der Waals surface area contributed by atoms with Gasteiger partial charge < -0.3 is 20.5 Å². The molecule has 3 N–H and O–H groups in total. The molecule has 0 bridgehead atoms. The fraction of sp³-hybridized carbons (Fsp3) is 0.350. The summed E-state index contributed by atoms with van der Waals surface area (Å²) in [5.74, 6) is -2.29. The molecule has 0 spiro atoms. The predicted octanol–water partition coefficient (Wildman–Crippen LogP) is 4.24. The zero-order valence-corrected chi connectivity index (χ0v) is 17.4. The number of nitrogens with zero attached hydrogens (tertiary/aromatic N) is 2. The van der Waals surface area contributed by atoms with Crippen LogP contribution in [0.2, 0.25) is 0 Å². The van der Waals surface area contributed by atoms with E-state index >= 15 is 0 Å². The van der Waals surface area contributed by atoms with Crippen molar-refractivity contribution < 1.29 is 49.4 Å². The van der Waals surface area contributed by atoms with Crippen LogP contribution in [0.5, 0.6) is 5.75 Å². The third kappa shape index (κ3) is 6.27. The summed E-state index contributed by atoms with van der Waals surface area (Å²) in [5, 5.41) is 2.28. The van der Waals surface area contributed by atoms with Crippen molar-refractivity contribution in [3.63, 3.8) is 0 Å². The molecule has 35 heavy (non-hydrogen) atoms. The largest absolute Gasteiger partial charge is 0.483 e. The van der Waals surface area contributed by atoms with E-state index < -0.39 is 67.0 Å². The van der Waals surface area contributed by atoms with Crippen LogP contribution in [0.15, 0.2) is 41.5 Å². The molecule has 15 heteroatoms. The van der Waals surface area contributed by atoms with Crippen molar-refractivity contribution in [2.24, 2.45) is 10.7 Å². The zero-order valence-electron chi connectivity index (χ0n) is 17.4. The molecule has 1 aromatic heterocycles. The van der Waals surface area contributed by atoms with Crippen molar-refractivity contribution in [1.29, 1.82) is 0 Å². The van der Waals surface area contributed by atoms with Gasteiger partial charge in [-0.3, -0.25) is 4.79 Å². The molecule has 2 atom stereocenters. The lowest BCUT2D eigenvalue weighted by Crippen LogP contribution is -2.48. The number of aliphatic imine (C=N–C) groups is 1. The van der Waals surface area contributed by atoms with E-state index in [2.05, 4.69) is 20.0 Å². The van der Waals surface area contributed by atoms with Crippen LogP contribution in [0, 0.1) is 5.82 Å². The van der Waals surface area contributed by atoms with E-state index in [1.54, 1.807) is 0 Å². The highest BCUT2D eigenvalue weighted by molar-refractivity contribution is 6.02. The van der Waals surface area contributed by atoms with Gasteiger partial charge in [-0.15, -0.1) is 0 Å². The summed E-state index contributed by atoms with van der Waals surface area (Å²) in [6, 6.07) is 1.36. The first-order chi connectivity index (χ1) is 16.2. The van der Waals surface area contributed by atoms with Gasteiger partial charge >= 0.3 is 12.4 Å². The number of hydrogen-bond acceptors (Lipinski definition) is 6. The number of halogens is 8. The Morgan fingerprint density at radius 1 is 1.20 bits per heavy atom. The molecule has 1 aliphatic heterocycles. The number of hydrogen-bond donors (Lipinski definition) is 2. The number of carbonyl (C=O) groups excluding carboxylic acids is 1. The Morgan fingerprint density at radius 3 is 2.49 bits per heavy atom. The molecule has 2 heterocycles. The SMILES string of the molecule is NC1=N[C@H](C(F)(F)F)C[C@@](CF)(c2cc(NC(=O)c3ccc(OCC(F)(F)F)cn3)ccc2F)O1. The molecule has 1 amide bonds. The molecule has 0 saturated carbocycles. The van der Waals surface area contributed by atoms with Gasteiger partial charge in [0.05, 0.1) is 6.20 Å². The minimum Gasteiger partial charge on any atom is -0.483 e. The smallest absolute Gasteiger partial charge is 0.422 e. The Labute approximate surface area is 191 Å². The zero-order chi connectivity index (χ0) is 26.0. The predicted molar refractivity (Wildman–Crippen MR) is 105 cm³/mol. The first-order valence-electron chi connectivity index (χ1n) is 9.64. The Balaban J connectivity index is 1.81. The number of pyridine rings is 1. The number of nitrogens with one attached hydrogen (secondary N) is 1. The molecule has 2 aromatic rings. The first-order valence-corrected chi connectivity index (χ1v) is 9.64. The topological polar surface area (TPSA) is 98.8 Å². The Kier molecular flexibility index (Phi) is 7.08. The molecule has 190 valence electrons. The Hall–Kier alpha value is -3.65. The van der Waals surface area contributed by atoms with E-state index in [0.717, 1.165) is 36.5 Å². The lowest BCUT2D eigenvalue weighted by molar-refractivity contribution is -0.167. The minimum absolute atomic E-state index is 0.160. The number of aromatic nitrogens is 1. The highest BCUT2D eigenvalue weighted by atomic mass is 19.4. The summed E-state index contributed by atoms with van der Waals surface area (Å²) in [6.45, 7) is -3.16. The standard InChI is InChI=1S/C20H16F8N4O3/c21-8-18(6-15(20(26,27)28)32-17(29)35-18)12-5-10(1-3-13(12)22)31-16(33)14-4-2-11(7-30-14)34-9-19(23,24)25/h1-5,7,15H,6,8-9H2,(H2,29,32)(H,31,33)/t15-,18+/m0/s1. The Morgan fingerprint density at radius 2 is 1.91 bits per heavy atom. The van der Waals surface area contributed by atoms with Crippen LogP contribution in [0.3, 0.4) is 0 Å². The summed E-state index contributed by atoms with van der Waals surface area (Å²) in [6.07, 6.45) is -9.72. The number of carbonyl (C=O) groups is 1. The van der Waals surface area contributed by atoms with Gasteiger partial charge in [0.2, 0.25) is 0 Å². The average molecular weight is 512 g/mol. The van der Waals surface area contributed by atoms with Crippen molar-refractivity contribution in [2.45, 2.75) is 30.4 Å². The fourth-order valence-electron chi connectivity index (χ4n) is 3.20. The van der Waals surface area contributed by atoms with Crippen LogP contribution in [-0.2, 0) is 10.3 Å². The molecule has 1 aliphatic rings. The van der Waals surface area contributed by atoms with Crippen LogP contribution < -0.4 is 15.8 Å². The van der Waals surface area contributed by atoms with E-state index in [1.807, 2.05) is 0 Å². The summed E-state index contributed by atoms with van der Waals surface area (Å²) in [4.78, 5) is 19.2. The van der Waals surface area contributed by atoms with Gasteiger partial charge in [0.1, 0.15) is 23.9 Å². The van der Waals surface area contributed by atoms with Gasteiger partial charge in [0.25, 0.3) is 11.9 Å². The third-order valence-corrected chi connectivity index (χ3v) is 4.79. The number of benzene rings is 1. The number of amidine groups is 1. The maximum Gasteiger partial charge on any atom is 0.422 e. The van der Waals surface area contributed by atoms with Gasteiger partial charge in [-0.25, -0.2) is 18.8 Å². The molecule has 0 unspecified atom stereocenters.